The summed E-state index contributed by atoms with van der Waals surface area (Å²) >= 11 is 0. The number of hydrogen-bond acceptors (Lipinski definition) is 3. The van der Waals surface area contributed by atoms with Crippen molar-refractivity contribution in [3.05, 3.63) is 0 Å². The minimum Gasteiger partial charge on any atom is -0.440 e. The second-order valence-corrected chi connectivity index (χ2v) is 10.2. The summed E-state index contributed by atoms with van der Waals surface area (Å²) in [7, 11) is 0. The third-order valence-corrected chi connectivity index (χ3v) is 8.03. The quantitative estimate of drug-likeness (QED) is 0.698. The first-order chi connectivity index (χ1) is 14.2. The Labute approximate surface area is 176 Å². The zero-order valence-electron chi connectivity index (χ0n) is 17.7. The van der Waals surface area contributed by atoms with Crippen LogP contribution < -0.4 is 5.32 Å². The van der Waals surface area contributed by atoms with Crippen molar-refractivity contribution in [2.45, 2.75) is 76.9 Å². The molecule has 4 aliphatic carbocycles. The number of carbonyl (C=O) groups excluding carboxylic acids is 2. The van der Waals surface area contributed by atoms with Gasteiger partial charge in [0.25, 0.3) is 0 Å². The summed E-state index contributed by atoms with van der Waals surface area (Å²) in [6, 6.07) is 0.202. The molecule has 8 heteroatoms. The number of nitrogens with zero attached hydrogens (tertiary/aromatic N) is 1. The number of amides is 2. The maximum absolute atomic E-state index is 13.0. The van der Waals surface area contributed by atoms with Crippen LogP contribution in [0.15, 0.2) is 0 Å². The van der Waals surface area contributed by atoms with Gasteiger partial charge in [-0.05, 0) is 81.0 Å². The van der Waals surface area contributed by atoms with Crippen molar-refractivity contribution in [2.75, 3.05) is 19.7 Å². The van der Waals surface area contributed by atoms with E-state index in [-0.39, 0.29) is 36.4 Å². The maximum atomic E-state index is 13.0. The van der Waals surface area contributed by atoms with Crippen LogP contribution in [-0.2, 0) is 9.53 Å². The van der Waals surface area contributed by atoms with Crippen molar-refractivity contribution in [3.8, 4) is 0 Å². The SMILES string of the molecule is CC[C@H](NC(=O)C1CCN(C(=O)OCC(F)(F)F)CC1)C12CC3CC(CC(C3)C1)C2. The molecule has 4 bridgehead atoms. The first-order valence-corrected chi connectivity index (χ1v) is 11.5. The van der Waals surface area contributed by atoms with Crippen molar-refractivity contribution in [1.82, 2.24) is 10.2 Å². The Morgan fingerprint density at radius 1 is 1.07 bits per heavy atom. The van der Waals surface area contributed by atoms with E-state index in [0.717, 1.165) is 24.2 Å². The van der Waals surface area contributed by atoms with Crippen LogP contribution in [0.2, 0.25) is 0 Å². The monoisotopic (exact) mass is 430 g/mol. The molecule has 0 radical (unpaired) electrons. The highest BCUT2D eigenvalue weighted by Gasteiger charge is 2.54. The number of halogens is 3. The van der Waals surface area contributed by atoms with Gasteiger partial charge in [0, 0.05) is 25.0 Å². The predicted molar refractivity (Wildman–Crippen MR) is 105 cm³/mol. The third-order valence-electron chi connectivity index (χ3n) is 8.03. The number of alkyl halides is 3. The van der Waals surface area contributed by atoms with Gasteiger partial charge < -0.3 is 15.0 Å². The Morgan fingerprint density at radius 3 is 2.07 bits per heavy atom. The van der Waals surface area contributed by atoms with Crippen LogP contribution in [0.25, 0.3) is 0 Å². The van der Waals surface area contributed by atoms with E-state index >= 15 is 0 Å². The van der Waals surface area contributed by atoms with E-state index in [1.807, 2.05) is 0 Å². The Balaban J connectivity index is 1.29. The molecule has 0 aromatic carbocycles. The molecule has 2 amide bonds. The second-order valence-electron chi connectivity index (χ2n) is 10.2. The van der Waals surface area contributed by atoms with Crippen LogP contribution in [-0.4, -0.2) is 48.8 Å². The molecule has 4 saturated carbocycles. The van der Waals surface area contributed by atoms with Gasteiger partial charge in [0.15, 0.2) is 6.61 Å². The number of carbonyl (C=O) groups is 2. The van der Waals surface area contributed by atoms with Crippen LogP contribution in [0.4, 0.5) is 18.0 Å². The van der Waals surface area contributed by atoms with Gasteiger partial charge in [0.2, 0.25) is 5.91 Å². The van der Waals surface area contributed by atoms with Gasteiger partial charge in [-0.2, -0.15) is 13.2 Å². The minimum absolute atomic E-state index is 0.0425. The fourth-order valence-corrected chi connectivity index (χ4v) is 7.14. The lowest BCUT2D eigenvalue weighted by molar-refractivity contribution is -0.162. The topological polar surface area (TPSA) is 58.6 Å². The van der Waals surface area contributed by atoms with E-state index in [2.05, 4.69) is 17.0 Å². The molecule has 5 rings (SSSR count). The van der Waals surface area contributed by atoms with Crippen LogP contribution in [0.3, 0.4) is 0 Å². The highest BCUT2D eigenvalue weighted by atomic mass is 19.4. The molecule has 5 aliphatic rings. The summed E-state index contributed by atoms with van der Waals surface area (Å²) < 4.78 is 41.0. The lowest BCUT2D eigenvalue weighted by Crippen LogP contribution is -2.57. The average Bonchev–Trinajstić information content (AvgIpc) is 2.68. The number of nitrogens with one attached hydrogen (secondary N) is 1. The van der Waals surface area contributed by atoms with E-state index in [4.69, 9.17) is 0 Å². The van der Waals surface area contributed by atoms with Gasteiger partial charge >= 0.3 is 12.3 Å². The molecule has 30 heavy (non-hydrogen) atoms. The first kappa shape index (κ1) is 21.8. The molecule has 0 spiro atoms. The Kier molecular flexibility index (Phi) is 5.96. The number of hydrogen-bond donors (Lipinski definition) is 1. The van der Waals surface area contributed by atoms with Gasteiger partial charge in [-0.25, -0.2) is 4.79 Å². The van der Waals surface area contributed by atoms with Gasteiger partial charge in [-0.1, -0.05) is 6.92 Å². The van der Waals surface area contributed by atoms with E-state index in [1.165, 1.54) is 43.4 Å². The van der Waals surface area contributed by atoms with Gasteiger partial charge in [-0.15, -0.1) is 0 Å². The highest BCUT2D eigenvalue weighted by Crippen LogP contribution is 2.61. The molecule has 1 aliphatic heterocycles. The molecule has 5 nitrogen and oxygen atoms in total. The normalized spacial score (nSPS) is 34.7. The number of likely N-dealkylation sites (tertiary alicyclic amines) is 1. The smallest absolute Gasteiger partial charge is 0.422 e. The molecule has 5 fully saturated rings. The third kappa shape index (κ3) is 4.57. The lowest BCUT2D eigenvalue weighted by Gasteiger charge is -2.59. The summed E-state index contributed by atoms with van der Waals surface area (Å²) in [6.45, 7) is 1.09. The lowest BCUT2D eigenvalue weighted by atomic mass is 9.47. The largest absolute Gasteiger partial charge is 0.440 e. The summed E-state index contributed by atoms with van der Waals surface area (Å²) in [5, 5.41) is 3.36. The number of ether oxygens (including phenoxy) is 1. The standard InChI is InChI=1S/C22H33F3N2O3/c1-2-18(21-10-14-7-15(11-21)9-16(8-14)12-21)26-19(28)17-3-5-27(6-4-17)20(29)30-13-22(23,24)25/h14-18H,2-13H2,1H3,(H,26,28)/t14?,15?,16?,18-,21?/m0/s1. The van der Waals surface area contributed by atoms with Gasteiger partial charge in [0.05, 0.1) is 0 Å². The average molecular weight is 431 g/mol. The van der Waals surface area contributed by atoms with E-state index < -0.39 is 18.9 Å². The molecule has 1 saturated heterocycles. The van der Waals surface area contributed by atoms with Crippen molar-refractivity contribution in [1.29, 1.82) is 0 Å². The molecule has 1 N–H and O–H groups in total. The molecular weight excluding hydrogens is 397 g/mol. The molecule has 1 atom stereocenters. The van der Waals surface area contributed by atoms with Gasteiger partial charge in [-0.3, -0.25) is 4.79 Å². The molecule has 0 aromatic rings. The highest BCUT2D eigenvalue weighted by molar-refractivity contribution is 5.79. The summed E-state index contributed by atoms with van der Waals surface area (Å²) in [5.41, 5.74) is 0.251. The van der Waals surface area contributed by atoms with E-state index in [9.17, 15) is 22.8 Å². The number of piperidine rings is 1. The predicted octanol–water partition coefficient (Wildman–Crippen LogP) is 4.51. The maximum Gasteiger partial charge on any atom is 0.422 e. The fourth-order valence-electron chi connectivity index (χ4n) is 7.14. The molecule has 170 valence electrons. The van der Waals surface area contributed by atoms with Crippen molar-refractivity contribution < 1.29 is 27.5 Å². The Morgan fingerprint density at radius 2 is 1.60 bits per heavy atom. The molecule has 0 unspecified atom stereocenters. The number of rotatable bonds is 5. The summed E-state index contributed by atoms with van der Waals surface area (Å²) in [4.78, 5) is 26.1. The minimum atomic E-state index is -4.53. The molecule has 0 aromatic heterocycles. The van der Waals surface area contributed by atoms with Gasteiger partial charge in [0.1, 0.15) is 0 Å². The Hall–Kier alpha value is -1.47. The summed E-state index contributed by atoms with van der Waals surface area (Å²) in [5.74, 6) is 2.33. The Bertz CT molecular complexity index is 623. The van der Waals surface area contributed by atoms with Crippen LogP contribution in [0.5, 0.6) is 0 Å². The molecular formula is C22H33F3N2O3. The molecule has 1 heterocycles. The second kappa shape index (κ2) is 8.23. The van der Waals surface area contributed by atoms with Crippen molar-refractivity contribution in [3.63, 3.8) is 0 Å². The van der Waals surface area contributed by atoms with Crippen LogP contribution in [0, 0.1) is 29.1 Å². The van der Waals surface area contributed by atoms with Crippen molar-refractivity contribution >= 4 is 12.0 Å². The fraction of sp³-hybridized carbons (Fsp3) is 0.909. The summed E-state index contributed by atoms with van der Waals surface area (Å²) in [6.07, 6.45) is 4.19. The first-order valence-electron chi connectivity index (χ1n) is 11.5. The van der Waals surface area contributed by atoms with E-state index in [1.54, 1.807) is 0 Å². The zero-order chi connectivity index (χ0) is 21.5. The van der Waals surface area contributed by atoms with Crippen LogP contribution in [0.1, 0.15) is 64.7 Å². The zero-order valence-corrected chi connectivity index (χ0v) is 17.7. The van der Waals surface area contributed by atoms with Crippen molar-refractivity contribution in [2.24, 2.45) is 29.1 Å². The van der Waals surface area contributed by atoms with Crippen LogP contribution >= 0.6 is 0 Å². The van der Waals surface area contributed by atoms with E-state index in [0.29, 0.717) is 12.8 Å².